The number of pyridine rings is 2. The van der Waals surface area contributed by atoms with Crippen molar-refractivity contribution in [3.05, 3.63) is 75.4 Å². The van der Waals surface area contributed by atoms with Gasteiger partial charge in [0.15, 0.2) is 5.82 Å². The van der Waals surface area contributed by atoms with Crippen LogP contribution in [0.4, 0.5) is 0 Å². The first kappa shape index (κ1) is 56.2. The Morgan fingerprint density at radius 2 is 1.30 bits per heavy atom. The molecule has 8 rings (SSSR count). The largest absolute Gasteiger partial charge is 1.00 e. The Morgan fingerprint density at radius 1 is 0.778 bits per heavy atom. The van der Waals surface area contributed by atoms with E-state index in [9.17, 15) is 9.59 Å². The first-order valence-corrected chi connectivity index (χ1v) is 21.5. The normalized spacial score (nSPS) is 21.4. The van der Waals surface area contributed by atoms with Crippen LogP contribution in [0, 0.1) is 35.5 Å². The van der Waals surface area contributed by atoms with Crippen molar-refractivity contribution in [2.75, 3.05) is 13.2 Å². The van der Waals surface area contributed by atoms with Gasteiger partial charge in [-0.25, -0.2) is 29.3 Å². The number of carbonyl (C=O) groups excluding carboxylic acids is 3. The molecule has 0 aliphatic heterocycles. The fourth-order valence-corrected chi connectivity index (χ4v) is 8.97. The number of hydrogen-bond donors (Lipinski definition) is 1. The summed E-state index contributed by atoms with van der Waals surface area (Å²) in [7, 11) is 0. The minimum absolute atomic E-state index is 0. The van der Waals surface area contributed by atoms with Crippen LogP contribution in [0.2, 0.25) is 15.5 Å². The molecule has 334 valence electrons. The zero-order valence-electron chi connectivity index (χ0n) is 38.3. The predicted octanol–water partition coefficient (Wildman–Crippen LogP) is 2.81. The number of nitrogens with zero attached hydrogens (tertiary/aromatic N) is 5. The summed E-state index contributed by atoms with van der Waals surface area (Å²) in [5, 5.41) is 19.9. The second-order valence-corrected chi connectivity index (χ2v) is 18.8. The number of carbonyl (C=O) groups is 3. The third-order valence-corrected chi connectivity index (χ3v) is 11.7. The fourth-order valence-electron chi connectivity index (χ4n) is 8.32. The number of aromatic nitrogens is 6. The molecule has 4 fully saturated rings. The summed E-state index contributed by atoms with van der Waals surface area (Å²) in [6.45, 7) is 12.2. The van der Waals surface area contributed by atoms with Crippen LogP contribution in [0.25, 0.3) is 5.82 Å². The van der Waals surface area contributed by atoms with Gasteiger partial charge >= 0.3 is 115 Å². The number of esters is 2. The fraction of sp³-hybridized carbons (Fsp3) is 0.558. The molecule has 6 atom stereocenters. The number of aromatic amines is 1. The summed E-state index contributed by atoms with van der Waals surface area (Å²) in [5.74, 6) is 6.07. The molecule has 0 spiro atoms. The number of nitrogens with one attached hydrogen (secondary N) is 1. The number of fused-ring (bicyclic) bond motifs is 4. The van der Waals surface area contributed by atoms with Crippen molar-refractivity contribution in [1.82, 2.24) is 29.9 Å². The molecule has 4 saturated carbocycles. The van der Waals surface area contributed by atoms with Gasteiger partial charge in [0, 0.05) is 18.3 Å². The predicted molar refractivity (Wildman–Crippen MR) is 227 cm³/mol. The third-order valence-electron chi connectivity index (χ3n) is 10.9. The summed E-state index contributed by atoms with van der Waals surface area (Å²) in [6.07, 6.45) is 14.6. The van der Waals surface area contributed by atoms with Crippen LogP contribution in [0.15, 0.2) is 48.8 Å². The third kappa shape index (κ3) is 18.1. The molecule has 0 radical (unpaired) electrons. The minimum Gasteiger partial charge on any atom is -1.00 e. The van der Waals surface area contributed by atoms with E-state index >= 15 is 0 Å². The van der Waals surface area contributed by atoms with Gasteiger partial charge in [-0.15, -0.1) is 5.10 Å². The van der Waals surface area contributed by atoms with Gasteiger partial charge in [-0.1, -0.05) is 47.6 Å². The molecule has 15 nitrogen and oxygen atoms in total. The van der Waals surface area contributed by atoms with E-state index in [1.54, 1.807) is 50.0 Å². The summed E-state index contributed by atoms with van der Waals surface area (Å²) >= 11 is 17.6. The van der Waals surface area contributed by atoms with Gasteiger partial charge in [-0.2, -0.15) is 5.10 Å². The Balaban J connectivity index is 0.000000333. The van der Waals surface area contributed by atoms with E-state index in [4.69, 9.17) is 63.8 Å². The van der Waals surface area contributed by atoms with E-state index in [1.807, 2.05) is 32.9 Å². The van der Waals surface area contributed by atoms with Crippen LogP contribution in [-0.2, 0) is 19.2 Å². The second-order valence-electron chi connectivity index (χ2n) is 17.7. The molecule has 0 amide bonds. The molecule has 0 saturated heterocycles. The minimum atomic E-state index is -0.591. The Labute approximate surface area is 470 Å². The molecule has 4 bridgehead atoms. The van der Waals surface area contributed by atoms with Crippen molar-refractivity contribution < 1.29 is 148 Å². The molecule has 0 aromatic carbocycles. The molecule has 4 aliphatic rings. The molecule has 4 heterocycles. The van der Waals surface area contributed by atoms with Gasteiger partial charge in [0.1, 0.15) is 26.7 Å². The van der Waals surface area contributed by atoms with Crippen LogP contribution in [-0.4, -0.2) is 72.8 Å². The van der Waals surface area contributed by atoms with Crippen molar-refractivity contribution in [1.29, 1.82) is 0 Å². The van der Waals surface area contributed by atoms with E-state index in [0.29, 0.717) is 17.6 Å². The van der Waals surface area contributed by atoms with Crippen LogP contribution in [0.1, 0.15) is 115 Å². The summed E-state index contributed by atoms with van der Waals surface area (Å²) in [5.41, 5.74) is -0.692. The maximum atomic E-state index is 12.2. The molecule has 20 heteroatoms. The van der Waals surface area contributed by atoms with Crippen molar-refractivity contribution in [2.45, 2.75) is 104 Å². The van der Waals surface area contributed by atoms with Gasteiger partial charge in [0.05, 0.1) is 30.5 Å². The molecular formula is C43H55Cl3K2N6O9. The SMILES string of the molecule is CC(C)(C)OC(=O)c1ccc(-n2ccc(OCC3C[C@@H]4CC[C@H]3C4)n2)nc1Cl.CC(C)(C)OC(=O)c1ccc(Cl)nc1Cl.O=CO[O-].[H-].[K+].[K+].c1cc(OCC2C[C@@H]3CC[C@H]2C3)[nH]n1. The second kappa shape index (κ2) is 26.4. The number of rotatable bonds is 10. The summed E-state index contributed by atoms with van der Waals surface area (Å²) in [4.78, 5) is 43.1. The van der Waals surface area contributed by atoms with Gasteiger partial charge in [-0.3, -0.25) is 4.79 Å². The molecule has 63 heavy (non-hydrogen) atoms. The smallest absolute Gasteiger partial charge is 1.00 e. The Morgan fingerprint density at radius 3 is 1.73 bits per heavy atom. The molecular weight excluding hydrogens is 929 g/mol. The summed E-state index contributed by atoms with van der Waals surface area (Å²) in [6, 6.07) is 9.99. The van der Waals surface area contributed by atoms with E-state index in [-0.39, 0.29) is 137 Å². The van der Waals surface area contributed by atoms with Crippen molar-refractivity contribution >= 4 is 53.2 Å². The monoisotopic (exact) mass is 982 g/mol. The van der Waals surface area contributed by atoms with Crippen LogP contribution >= 0.6 is 34.8 Å². The number of hydrogen-bond acceptors (Lipinski definition) is 13. The quantitative estimate of drug-likeness (QED) is 0.0610. The molecule has 4 aromatic rings. The number of ether oxygens (including phenoxy) is 4. The number of H-pyrrole nitrogens is 1. The van der Waals surface area contributed by atoms with E-state index in [2.05, 4.69) is 30.2 Å². The Bertz CT molecular complexity index is 2070. The maximum Gasteiger partial charge on any atom is 1.00 e. The molecule has 4 aromatic heterocycles. The Hall–Kier alpha value is -1.17. The van der Waals surface area contributed by atoms with Gasteiger partial charge in [0.2, 0.25) is 11.8 Å². The first-order chi connectivity index (χ1) is 28.9. The first-order valence-electron chi connectivity index (χ1n) is 20.4. The van der Waals surface area contributed by atoms with Gasteiger partial charge in [-0.05, 0) is 140 Å². The van der Waals surface area contributed by atoms with E-state index < -0.39 is 23.1 Å². The van der Waals surface area contributed by atoms with Crippen LogP contribution < -0.4 is 118 Å². The zero-order chi connectivity index (χ0) is 44.3. The van der Waals surface area contributed by atoms with Crippen molar-refractivity contribution in [2.24, 2.45) is 35.5 Å². The van der Waals surface area contributed by atoms with Crippen molar-refractivity contribution in [3.8, 4) is 17.6 Å². The van der Waals surface area contributed by atoms with Gasteiger partial charge in [0.25, 0.3) is 6.47 Å². The Kier molecular flexibility index (Phi) is 23.5. The van der Waals surface area contributed by atoms with E-state index in [1.165, 1.54) is 63.5 Å². The zero-order valence-corrected chi connectivity index (χ0v) is 45.8. The molecule has 1 N–H and O–H groups in total. The van der Waals surface area contributed by atoms with Crippen LogP contribution in [0.5, 0.6) is 11.8 Å². The molecule has 2 unspecified atom stereocenters. The standard InChI is InChI=1S/C21H26ClN3O3.C11H16N2O.C10H11Cl2NO2.CH2O3.2K.H/c1-21(2,3)28-20(26)16-6-7-17(23-19(16)22)25-9-8-18(24-25)27-12-15-11-13-4-5-14(15)10-13;1-2-9-5-8(1)6-10(9)7-14-11-3-4-12-13-11;1-10(2,3)15-9(14)6-4-5-7(11)13-8(6)12;2-1-4-3;;;/h6-9,13-15H,4-5,10-12H2,1-3H3;3-4,8-10H,1-2,5-7H2,(H,12,13);4-5H,1-3H3;1,3H;;;/q;;;;2*+1;-1/p-1/t13-,14+,15?;8-,9+,10?;;;;;/m11...../s1. The summed E-state index contributed by atoms with van der Waals surface area (Å²) < 4.78 is 23.7. The van der Waals surface area contributed by atoms with Crippen molar-refractivity contribution in [3.63, 3.8) is 0 Å². The number of halogens is 3. The molecule has 4 aliphatic carbocycles. The average molecular weight is 985 g/mol. The topological polar surface area (TPSA) is 193 Å². The van der Waals surface area contributed by atoms with E-state index in [0.717, 1.165) is 48.7 Å². The maximum absolute atomic E-state index is 12.2. The van der Waals surface area contributed by atoms with Crippen LogP contribution in [0.3, 0.4) is 0 Å². The average Bonchev–Trinajstić information content (AvgIpc) is 4.06. The van der Waals surface area contributed by atoms with Gasteiger partial charge < -0.3 is 30.5 Å².